The van der Waals surface area contributed by atoms with E-state index in [0.29, 0.717) is 6.10 Å². The van der Waals surface area contributed by atoms with Crippen molar-refractivity contribution in [3.63, 3.8) is 0 Å². The summed E-state index contributed by atoms with van der Waals surface area (Å²) in [5.41, 5.74) is 0. The second-order valence-electron chi connectivity index (χ2n) is 2.50. The third kappa shape index (κ3) is 2.76. The molecular weight excluding hydrogens is 144 g/mol. The molecule has 0 N–H and O–H groups in total. The van der Waals surface area contributed by atoms with Crippen LogP contribution in [0.15, 0.2) is 12.2 Å². The molecule has 2 heteroatoms. The molecule has 0 spiro atoms. The van der Waals surface area contributed by atoms with Gasteiger partial charge in [0.2, 0.25) is 0 Å². The summed E-state index contributed by atoms with van der Waals surface area (Å²) < 4.78 is 5.50. The zero-order valence-corrected chi connectivity index (χ0v) is 7.02. The van der Waals surface area contributed by atoms with Crippen LogP contribution in [0.3, 0.4) is 0 Å². The molecule has 0 bridgehead atoms. The van der Waals surface area contributed by atoms with Crippen molar-refractivity contribution in [2.75, 3.05) is 12.4 Å². The Morgan fingerprint density at radius 3 is 3.00 bits per heavy atom. The van der Waals surface area contributed by atoms with Gasteiger partial charge < -0.3 is 4.74 Å². The van der Waals surface area contributed by atoms with Crippen molar-refractivity contribution < 1.29 is 4.74 Å². The minimum absolute atomic E-state index is 0.470. The van der Waals surface area contributed by atoms with Crippen LogP contribution >= 0.6 is 12.6 Å². The molecule has 58 valence electrons. The maximum Gasteiger partial charge on any atom is 0.0612 e. The van der Waals surface area contributed by atoms with Crippen LogP contribution in [0, 0.1) is 0 Å². The molecule has 1 aliphatic rings. The molecule has 1 atom stereocenters. The van der Waals surface area contributed by atoms with Crippen molar-refractivity contribution >= 4 is 12.6 Å². The second kappa shape index (κ2) is 4.80. The Hall–Kier alpha value is 0.0500. The lowest BCUT2D eigenvalue weighted by Gasteiger charge is -2.17. The molecule has 1 unspecified atom stereocenters. The molecule has 0 aromatic heterocycles. The lowest BCUT2D eigenvalue weighted by molar-refractivity contribution is 0.0590. The molecule has 0 aliphatic heterocycles. The van der Waals surface area contributed by atoms with Crippen molar-refractivity contribution in [3.8, 4) is 0 Å². The summed E-state index contributed by atoms with van der Waals surface area (Å²) in [6.45, 7) is 0.793. The Bertz CT molecular complexity index is 112. The van der Waals surface area contributed by atoms with Gasteiger partial charge in [-0.2, -0.15) is 12.6 Å². The van der Waals surface area contributed by atoms with Gasteiger partial charge in [-0.3, -0.25) is 0 Å². The van der Waals surface area contributed by atoms with E-state index in [-0.39, 0.29) is 0 Å². The number of thiol groups is 1. The topological polar surface area (TPSA) is 9.23 Å². The Morgan fingerprint density at radius 1 is 1.50 bits per heavy atom. The Kier molecular flexibility index (Phi) is 3.91. The molecule has 0 radical (unpaired) electrons. The Labute approximate surface area is 67.9 Å². The number of hydrogen-bond donors (Lipinski definition) is 1. The maximum absolute atomic E-state index is 5.50. The highest BCUT2D eigenvalue weighted by Gasteiger charge is 2.08. The number of ether oxygens (including phenoxy) is 1. The molecule has 10 heavy (non-hydrogen) atoms. The normalized spacial score (nSPS) is 25.1. The van der Waals surface area contributed by atoms with Crippen LogP contribution in [0.1, 0.15) is 19.3 Å². The van der Waals surface area contributed by atoms with Crippen LogP contribution in [0.5, 0.6) is 0 Å². The standard InChI is InChI=1S/C8H14OS/c10-7-6-9-8-4-2-1-3-5-8/h1-2,8,10H,3-7H2. The van der Waals surface area contributed by atoms with E-state index in [1.54, 1.807) is 0 Å². The molecule has 0 aromatic carbocycles. The monoisotopic (exact) mass is 158 g/mol. The fourth-order valence-corrected chi connectivity index (χ4v) is 1.24. The van der Waals surface area contributed by atoms with Crippen molar-refractivity contribution in [1.29, 1.82) is 0 Å². The van der Waals surface area contributed by atoms with Crippen molar-refractivity contribution in [1.82, 2.24) is 0 Å². The molecule has 0 saturated heterocycles. The summed E-state index contributed by atoms with van der Waals surface area (Å²) in [6.07, 6.45) is 8.35. The first-order chi connectivity index (χ1) is 4.93. The fraction of sp³-hybridized carbons (Fsp3) is 0.750. The van der Waals surface area contributed by atoms with Gasteiger partial charge in [0, 0.05) is 5.75 Å². The van der Waals surface area contributed by atoms with E-state index >= 15 is 0 Å². The molecular formula is C8H14OS. The Morgan fingerprint density at radius 2 is 2.40 bits per heavy atom. The summed E-state index contributed by atoms with van der Waals surface area (Å²) in [5, 5.41) is 0. The van der Waals surface area contributed by atoms with Gasteiger partial charge in [0.25, 0.3) is 0 Å². The quantitative estimate of drug-likeness (QED) is 0.488. The van der Waals surface area contributed by atoms with Gasteiger partial charge in [0.1, 0.15) is 0 Å². The molecule has 1 aliphatic carbocycles. The van der Waals surface area contributed by atoms with E-state index in [4.69, 9.17) is 4.74 Å². The first-order valence-electron chi connectivity index (χ1n) is 3.81. The average Bonchev–Trinajstić information content (AvgIpc) is 2.03. The minimum atomic E-state index is 0.470. The minimum Gasteiger partial charge on any atom is -0.377 e. The van der Waals surface area contributed by atoms with Crippen LogP contribution in [0.2, 0.25) is 0 Å². The number of allylic oxidation sites excluding steroid dienone is 1. The summed E-state index contributed by atoms with van der Waals surface area (Å²) in [5.74, 6) is 0.834. The number of hydrogen-bond acceptors (Lipinski definition) is 2. The summed E-state index contributed by atoms with van der Waals surface area (Å²) in [4.78, 5) is 0. The molecule has 0 fully saturated rings. The van der Waals surface area contributed by atoms with Crippen molar-refractivity contribution in [3.05, 3.63) is 12.2 Å². The molecule has 0 saturated carbocycles. The van der Waals surface area contributed by atoms with Gasteiger partial charge in [0.05, 0.1) is 12.7 Å². The third-order valence-electron chi connectivity index (χ3n) is 1.67. The predicted octanol–water partition coefficient (Wildman–Crippen LogP) is 2.04. The van der Waals surface area contributed by atoms with Crippen LogP contribution in [0.25, 0.3) is 0 Å². The molecule has 0 heterocycles. The van der Waals surface area contributed by atoms with Gasteiger partial charge in [-0.05, 0) is 19.3 Å². The van der Waals surface area contributed by atoms with E-state index in [1.165, 1.54) is 12.8 Å². The molecule has 0 aromatic rings. The SMILES string of the molecule is SCCOC1CC=CCC1. The fourth-order valence-electron chi connectivity index (χ4n) is 1.14. The second-order valence-corrected chi connectivity index (χ2v) is 2.95. The first kappa shape index (κ1) is 8.15. The third-order valence-corrected chi connectivity index (χ3v) is 1.85. The first-order valence-corrected chi connectivity index (χ1v) is 4.44. The van der Waals surface area contributed by atoms with Gasteiger partial charge in [0.15, 0.2) is 0 Å². The molecule has 1 nitrogen and oxygen atoms in total. The Balaban J connectivity index is 2.10. The van der Waals surface area contributed by atoms with Crippen LogP contribution in [-0.2, 0) is 4.74 Å². The zero-order chi connectivity index (χ0) is 7.23. The van der Waals surface area contributed by atoms with E-state index in [0.717, 1.165) is 18.8 Å². The van der Waals surface area contributed by atoms with E-state index < -0.39 is 0 Å². The van der Waals surface area contributed by atoms with Gasteiger partial charge in [-0.25, -0.2) is 0 Å². The predicted molar refractivity (Wildman–Crippen MR) is 46.6 cm³/mol. The van der Waals surface area contributed by atoms with Gasteiger partial charge in [-0.15, -0.1) is 0 Å². The highest BCUT2D eigenvalue weighted by atomic mass is 32.1. The number of rotatable bonds is 3. The van der Waals surface area contributed by atoms with Crippen molar-refractivity contribution in [2.24, 2.45) is 0 Å². The van der Waals surface area contributed by atoms with Crippen LogP contribution < -0.4 is 0 Å². The van der Waals surface area contributed by atoms with E-state index in [1.807, 2.05) is 0 Å². The average molecular weight is 158 g/mol. The lowest BCUT2D eigenvalue weighted by Crippen LogP contribution is -2.15. The molecule has 0 amide bonds. The highest BCUT2D eigenvalue weighted by Crippen LogP contribution is 2.13. The van der Waals surface area contributed by atoms with E-state index in [2.05, 4.69) is 24.8 Å². The highest BCUT2D eigenvalue weighted by molar-refractivity contribution is 7.80. The van der Waals surface area contributed by atoms with E-state index in [9.17, 15) is 0 Å². The summed E-state index contributed by atoms with van der Waals surface area (Å²) in [7, 11) is 0. The summed E-state index contributed by atoms with van der Waals surface area (Å²) >= 11 is 4.08. The lowest BCUT2D eigenvalue weighted by atomic mass is 10.1. The smallest absolute Gasteiger partial charge is 0.0612 e. The maximum atomic E-state index is 5.50. The van der Waals surface area contributed by atoms with Gasteiger partial charge in [-0.1, -0.05) is 12.2 Å². The van der Waals surface area contributed by atoms with Crippen molar-refractivity contribution in [2.45, 2.75) is 25.4 Å². The van der Waals surface area contributed by atoms with Crippen LogP contribution in [0.4, 0.5) is 0 Å². The summed E-state index contributed by atoms with van der Waals surface area (Å²) in [6, 6.07) is 0. The molecule has 1 rings (SSSR count). The zero-order valence-electron chi connectivity index (χ0n) is 6.12. The van der Waals surface area contributed by atoms with Gasteiger partial charge >= 0.3 is 0 Å². The largest absolute Gasteiger partial charge is 0.377 e. The van der Waals surface area contributed by atoms with Crippen LogP contribution in [-0.4, -0.2) is 18.5 Å².